The van der Waals surface area contributed by atoms with Crippen LogP contribution in [0, 0.1) is 5.82 Å². The fraction of sp³-hybridized carbons (Fsp3) is 0.560. The Morgan fingerprint density at radius 1 is 1.18 bits per heavy atom. The standard InChI is InChI=1S/C25H34FN5O3/c1-25(2,3)34-24(32)31-12-10-30(11-13-31)22-6-4-5-18-7-8-20(15-21(18)22)33-14-9-27-23-28-16-19(26)17-29-23/h7-8,15-17,22H,4-6,9-14H2,1-3H3,(H,27,28,29). The zero-order valence-electron chi connectivity index (χ0n) is 20.2. The highest BCUT2D eigenvalue weighted by Gasteiger charge is 2.31. The molecule has 1 fully saturated rings. The van der Waals surface area contributed by atoms with Gasteiger partial charge in [0.05, 0.1) is 18.9 Å². The molecule has 4 rings (SSSR count). The van der Waals surface area contributed by atoms with Crippen LogP contribution in [-0.4, -0.2) is 70.8 Å². The van der Waals surface area contributed by atoms with E-state index in [0.717, 1.165) is 50.5 Å². The molecule has 1 aromatic heterocycles. The van der Waals surface area contributed by atoms with Crippen molar-refractivity contribution >= 4 is 12.0 Å². The molecule has 1 aliphatic heterocycles. The maximum Gasteiger partial charge on any atom is 0.410 e. The van der Waals surface area contributed by atoms with Crippen LogP contribution < -0.4 is 10.1 Å². The SMILES string of the molecule is CC(C)(C)OC(=O)N1CCN(C2CCCc3ccc(OCCNc4ncc(F)cn4)cc32)CC1. The predicted octanol–water partition coefficient (Wildman–Crippen LogP) is 4.04. The first-order valence-corrected chi connectivity index (χ1v) is 12.0. The number of anilines is 1. The lowest BCUT2D eigenvalue weighted by molar-refractivity contribution is 0.00926. The van der Waals surface area contributed by atoms with E-state index in [4.69, 9.17) is 9.47 Å². The maximum atomic E-state index is 12.9. The van der Waals surface area contributed by atoms with Crippen LogP contribution in [0.1, 0.15) is 50.8 Å². The molecule has 1 saturated heterocycles. The van der Waals surface area contributed by atoms with Gasteiger partial charge >= 0.3 is 6.09 Å². The topological polar surface area (TPSA) is 79.8 Å². The van der Waals surface area contributed by atoms with E-state index in [1.165, 1.54) is 11.1 Å². The molecule has 8 nitrogen and oxygen atoms in total. The molecule has 1 aliphatic carbocycles. The van der Waals surface area contributed by atoms with E-state index in [1.54, 1.807) is 0 Å². The number of aromatic nitrogens is 2. The van der Waals surface area contributed by atoms with Crippen molar-refractivity contribution in [2.75, 3.05) is 44.6 Å². The number of carbonyl (C=O) groups is 1. The van der Waals surface area contributed by atoms with Gasteiger partial charge in [-0.2, -0.15) is 0 Å². The molecule has 1 unspecified atom stereocenters. The number of nitrogens with zero attached hydrogens (tertiary/aromatic N) is 4. The molecule has 0 bridgehead atoms. The molecule has 1 atom stereocenters. The van der Waals surface area contributed by atoms with E-state index in [-0.39, 0.29) is 6.09 Å². The van der Waals surface area contributed by atoms with E-state index in [0.29, 0.717) is 38.2 Å². The van der Waals surface area contributed by atoms with Crippen molar-refractivity contribution in [2.24, 2.45) is 0 Å². The summed E-state index contributed by atoms with van der Waals surface area (Å²) in [5.74, 6) is 0.748. The van der Waals surface area contributed by atoms with Crippen molar-refractivity contribution in [3.8, 4) is 5.75 Å². The molecule has 1 aromatic carbocycles. The molecule has 0 spiro atoms. The largest absolute Gasteiger partial charge is 0.492 e. The summed E-state index contributed by atoms with van der Waals surface area (Å²) in [7, 11) is 0. The Balaban J connectivity index is 1.32. The summed E-state index contributed by atoms with van der Waals surface area (Å²) < 4.78 is 24.4. The Morgan fingerprint density at radius 2 is 1.91 bits per heavy atom. The van der Waals surface area contributed by atoms with Crippen molar-refractivity contribution in [2.45, 2.75) is 51.7 Å². The lowest BCUT2D eigenvalue weighted by Crippen LogP contribution is -2.51. The Bertz CT molecular complexity index is 972. The van der Waals surface area contributed by atoms with Gasteiger partial charge in [0, 0.05) is 32.2 Å². The van der Waals surface area contributed by atoms with Gasteiger partial charge in [-0.3, -0.25) is 4.90 Å². The first-order valence-electron chi connectivity index (χ1n) is 12.0. The molecule has 1 N–H and O–H groups in total. The van der Waals surface area contributed by atoms with Crippen molar-refractivity contribution in [1.29, 1.82) is 0 Å². The van der Waals surface area contributed by atoms with Gasteiger partial charge < -0.3 is 19.7 Å². The van der Waals surface area contributed by atoms with Gasteiger partial charge in [0.25, 0.3) is 0 Å². The summed E-state index contributed by atoms with van der Waals surface area (Å²) in [6.07, 6.45) is 5.37. The molecule has 0 saturated carbocycles. The highest BCUT2D eigenvalue weighted by molar-refractivity contribution is 5.68. The summed E-state index contributed by atoms with van der Waals surface area (Å²) in [4.78, 5) is 24.5. The van der Waals surface area contributed by atoms with Crippen LogP contribution in [0.5, 0.6) is 5.75 Å². The molecule has 0 radical (unpaired) electrons. The van der Waals surface area contributed by atoms with Crippen molar-refractivity contribution < 1.29 is 18.7 Å². The maximum absolute atomic E-state index is 12.9. The molecule has 2 aliphatic rings. The predicted molar refractivity (Wildman–Crippen MR) is 127 cm³/mol. The van der Waals surface area contributed by atoms with Gasteiger partial charge in [-0.05, 0) is 63.3 Å². The second kappa shape index (κ2) is 10.5. The number of ether oxygens (including phenoxy) is 2. The van der Waals surface area contributed by atoms with Gasteiger partial charge in [0.2, 0.25) is 5.95 Å². The zero-order chi connectivity index (χ0) is 24.1. The fourth-order valence-corrected chi connectivity index (χ4v) is 4.50. The Morgan fingerprint density at radius 3 is 2.62 bits per heavy atom. The quantitative estimate of drug-likeness (QED) is 0.637. The zero-order valence-corrected chi connectivity index (χ0v) is 20.2. The Hall–Kier alpha value is -2.94. The van der Waals surface area contributed by atoms with E-state index >= 15 is 0 Å². The van der Waals surface area contributed by atoms with Crippen LogP contribution in [0.25, 0.3) is 0 Å². The average molecular weight is 472 g/mol. The number of amides is 1. The third-order valence-electron chi connectivity index (χ3n) is 6.08. The highest BCUT2D eigenvalue weighted by Crippen LogP contribution is 2.37. The van der Waals surface area contributed by atoms with Crippen LogP contribution in [0.3, 0.4) is 0 Å². The van der Waals surface area contributed by atoms with Gasteiger partial charge in [-0.25, -0.2) is 19.2 Å². The van der Waals surface area contributed by atoms with Crippen LogP contribution in [0.15, 0.2) is 30.6 Å². The highest BCUT2D eigenvalue weighted by atomic mass is 19.1. The monoisotopic (exact) mass is 471 g/mol. The number of halogens is 1. The summed E-state index contributed by atoms with van der Waals surface area (Å²) in [5, 5.41) is 3.03. The number of fused-ring (bicyclic) bond motifs is 1. The van der Waals surface area contributed by atoms with E-state index in [9.17, 15) is 9.18 Å². The number of benzene rings is 1. The number of aryl methyl sites for hydroxylation is 1. The normalized spacial score (nSPS) is 18.8. The fourth-order valence-electron chi connectivity index (χ4n) is 4.50. The van der Waals surface area contributed by atoms with Gasteiger partial charge in [-0.1, -0.05) is 6.07 Å². The van der Waals surface area contributed by atoms with Gasteiger partial charge in [-0.15, -0.1) is 0 Å². The van der Waals surface area contributed by atoms with Crippen molar-refractivity contribution in [3.05, 3.63) is 47.5 Å². The summed E-state index contributed by atoms with van der Waals surface area (Å²) in [5.41, 5.74) is 2.22. The smallest absolute Gasteiger partial charge is 0.410 e. The van der Waals surface area contributed by atoms with E-state index < -0.39 is 11.4 Å². The number of piperazine rings is 1. The third-order valence-corrected chi connectivity index (χ3v) is 6.08. The molecule has 9 heteroatoms. The number of rotatable bonds is 6. The third kappa shape index (κ3) is 6.34. The van der Waals surface area contributed by atoms with Crippen LogP contribution in [-0.2, 0) is 11.2 Å². The average Bonchev–Trinajstić information content (AvgIpc) is 2.81. The van der Waals surface area contributed by atoms with Crippen LogP contribution in [0.2, 0.25) is 0 Å². The Kier molecular flexibility index (Phi) is 7.50. The molecule has 34 heavy (non-hydrogen) atoms. The second-order valence-electron chi connectivity index (χ2n) is 9.77. The molecule has 1 amide bonds. The first-order chi connectivity index (χ1) is 16.3. The van der Waals surface area contributed by atoms with E-state index in [2.05, 4.69) is 32.3 Å². The number of hydrogen-bond donors (Lipinski definition) is 1. The number of nitrogens with one attached hydrogen (secondary N) is 1. The minimum atomic E-state index is -0.478. The molecular formula is C25H34FN5O3. The van der Waals surface area contributed by atoms with Crippen molar-refractivity contribution in [3.63, 3.8) is 0 Å². The molecular weight excluding hydrogens is 437 g/mol. The summed E-state index contributed by atoms with van der Waals surface area (Å²) in [6, 6.07) is 6.69. The lowest BCUT2D eigenvalue weighted by atomic mass is 9.86. The number of hydrogen-bond acceptors (Lipinski definition) is 7. The second-order valence-corrected chi connectivity index (χ2v) is 9.77. The van der Waals surface area contributed by atoms with E-state index in [1.807, 2.05) is 31.7 Å². The van der Waals surface area contributed by atoms with Crippen LogP contribution in [0.4, 0.5) is 15.1 Å². The summed E-state index contributed by atoms with van der Waals surface area (Å²) >= 11 is 0. The minimum Gasteiger partial charge on any atom is -0.492 e. The molecule has 2 heterocycles. The number of carbonyl (C=O) groups excluding carboxylic acids is 1. The Labute approximate surface area is 200 Å². The first kappa shape index (κ1) is 24.2. The van der Waals surface area contributed by atoms with Crippen molar-refractivity contribution in [1.82, 2.24) is 19.8 Å². The summed E-state index contributed by atoms with van der Waals surface area (Å²) in [6.45, 7) is 9.65. The van der Waals surface area contributed by atoms with Gasteiger partial charge in [0.15, 0.2) is 5.82 Å². The van der Waals surface area contributed by atoms with Gasteiger partial charge in [0.1, 0.15) is 18.0 Å². The van der Waals surface area contributed by atoms with Crippen LogP contribution >= 0.6 is 0 Å². The molecule has 2 aromatic rings. The lowest BCUT2D eigenvalue weighted by Gasteiger charge is -2.41. The minimum absolute atomic E-state index is 0.230. The molecule has 184 valence electrons.